The van der Waals surface area contributed by atoms with Gasteiger partial charge < -0.3 is 5.32 Å². The lowest BCUT2D eigenvalue weighted by Crippen LogP contribution is -2.37. The molecule has 1 aliphatic heterocycles. The smallest absolute Gasteiger partial charge is 0.235 e. The molecule has 1 unspecified atom stereocenters. The predicted molar refractivity (Wildman–Crippen MR) is 76.8 cm³/mol. The number of benzene rings is 1. The van der Waals surface area contributed by atoms with Crippen LogP contribution in [0.1, 0.15) is 31.7 Å². The first-order valence-corrected chi connectivity index (χ1v) is 6.97. The summed E-state index contributed by atoms with van der Waals surface area (Å²) in [6.45, 7) is 2.08. The van der Waals surface area contributed by atoms with E-state index in [0.29, 0.717) is 0 Å². The zero-order chi connectivity index (χ0) is 13.3. The number of nitrogens with one attached hydrogen (secondary N) is 1. The van der Waals surface area contributed by atoms with Gasteiger partial charge in [-0.1, -0.05) is 48.6 Å². The SMILES string of the molecule is C[C@H]1CC(C2=CCCC=C2)(c2ccccc2)C(=O)N1. The summed E-state index contributed by atoms with van der Waals surface area (Å²) in [5.41, 5.74) is 1.78. The molecule has 2 nitrogen and oxygen atoms in total. The Morgan fingerprint density at radius 2 is 2.00 bits per heavy atom. The molecule has 0 radical (unpaired) electrons. The molecular weight excluding hydrogens is 234 g/mol. The van der Waals surface area contributed by atoms with E-state index in [-0.39, 0.29) is 11.9 Å². The molecule has 2 aliphatic rings. The van der Waals surface area contributed by atoms with Crippen LogP contribution in [0.2, 0.25) is 0 Å². The van der Waals surface area contributed by atoms with Crippen molar-refractivity contribution >= 4 is 5.91 Å². The molecule has 3 rings (SSSR count). The lowest BCUT2D eigenvalue weighted by atomic mass is 9.70. The molecule has 1 aromatic rings. The fraction of sp³-hybridized carbons (Fsp3) is 0.353. The van der Waals surface area contributed by atoms with E-state index in [9.17, 15) is 4.79 Å². The van der Waals surface area contributed by atoms with Crippen LogP contribution in [0.5, 0.6) is 0 Å². The second-order valence-electron chi connectivity index (χ2n) is 5.49. The van der Waals surface area contributed by atoms with Gasteiger partial charge in [0, 0.05) is 6.04 Å². The van der Waals surface area contributed by atoms with Crippen molar-refractivity contribution in [1.82, 2.24) is 5.32 Å². The number of carbonyl (C=O) groups excluding carboxylic acids is 1. The van der Waals surface area contributed by atoms with E-state index in [1.54, 1.807) is 0 Å². The minimum atomic E-state index is -0.488. The van der Waals surface area contributed by atoms with Gasteiger partial charge in [-0.05, 0) is 37.3 Å². The van der Waals surface area contributed by atoms with Gasteiger partial charge in [-0.25, -0.2) is 0 Å². The maximum atomic E-state index is 12.6. The minimum absolute atomic E-state index is 0.143. The van der Waals surface area contributed by atoms with E-state index in [4.69, 9.17) is 0 Å². The molecule has 19 heavy (non-hydrogen) atoms. The summed E-state index contributed by atoms with van der Waals surface area (Å²) in [6.07, 6.45) is 9.48. The van der Waals surface area contributed by atoms with Crippen molar-refractivity contribution in [3.8, 4) is 0 Å². The summed E-state index contributed by atoms with van der Waals surface area (Å²) >= 11 is 0. The Hall–Kier alpha value is -1.83. The molecule has 0 aromatic heterocycles. The summed E-state index contributed by atoms with van der Waals surface area (Å²) in [7, 11) is 0. The highest BCUT2D eigenvalue weighted by molar-refractivity contribution is 5.95. The van der Waals surface area contributed by atoms with Crippen molar-refractivity contribution in [2.45, 2.75) is 37.6 Å². The normalized spacial score (nSPS) is 30.1. The minimum Gasteiger partial charge on any atom is -0.353 e. The Balaban J connectivity index is 2.14. The molecular formula is C17H19NO. The second-order valence-corrected chi connectivity index (χ2v) is 5.49. The molecule has 2 heteroatoms. The van der Waals surface area contributed by atoms with Gasteiger partial charge in [0.15, 0.2) is 0 Å². The molecule has 0 bridgehead atoms. The van der Waals surface area contributed by atoms with Gasteiger partial charge in [0.05, 0.1) is 0 Å². The summed E-state index contributed by atoms with van der Waals surface area (Å²) < 4.78 is 0. The van der Waals surface area contributed by atoms with Crippen molar-refractivity contribution in [2.75, 3.05) is 0 Å². The Morgan fingerprint density at radius 1 is 1.21 bits per heavy atom. The van der Waals surface area contributed by atoms with Gasteiger partial charge in [-0.2, -0.15) is 0 Å². The van der Waals surface area contributed by atoms with E-state index in [0.717, 1.165) is 30.4 Å². The average molecular weight is 253 g/mol. The quantitative estimate of drug-likeness (QED) is 0.862. The number of carbonyl (C=O) groups is 1. The van der Waals surface area contributed by atoms with E-state index in [1.165, 1.54) is 0 Å². The standard InChI is InChI=1S/C17H19NO/c1-13-12-17(16(19)18-13,14-8-4-2-5-9-14)15-10-6-3-7-11-15/h2,4-6,8-11,13H,3,7,12H2,1H3,(H,18,19)/t13-,17?/m0/s1. The number of hydrogen-bond acceptors (Lipinski definition) is 1. The molecule has 1 heterocycles. The van der Waals surface area contributed by atoms with Gasteiger partial charge in [-0.3, -0.25) is 4.79 Å². The lowest BCUT2D eigenvalue weighted by Gasteiger charge is -2.30. The predicted octanol–water partition coefficient (Wildman–Crippen LogP) is 3.11. The van der Waals surface area contributed by atoms with Gasteiger partial charge in [0.2, 0.25) is 5.91 Å². The Morgan fingerprint density at radius 3 is 2.58 bits per heavy atom. The van der Waals surface area contributed by atoms with Crippen LogP contribution in [-0.4, -0.2) is 11.9 Å². The van der Waals surface area contributed by atoms with Crippen LogP contribution in [0, 0.1) is 0 Å². The molecule has 1 N–H and O–H groups in total. The second kappa shape index (κ2) is 4.69. The van der Waals surface area contributed by atoms with Crippen LogP contribution in [0.3, 0.4) is 0 Å². The maximum Gasteiger partial charge on any atom is 0.235 e. The van der Waals surface area contributed by atoms with E-state index < -0.39 is 5.41 Å². The summed E-state index contributed by atoms with van der Waals surface area (Å²) in [4.78, 5) is 12.6. The lowest BCUT2D eigenvalue weighted by molar-refractivity contribution is -0.122. The van der Waals surface area contributed by atoms with Crippen molar-refractivity contribution in [3.63, 3.8) is 0 Å². The number of amides is 1. The van der Waals surface area contributed by atoms with Crippen LogP contribution in [-0.2, 0) is 10.2 Å². The van der Waals surface area contributed by atoms with Gasteiger partial charge in [0.25, 0.3) is 0 Å². The highest BCUT2D eigenvalue weighted by Crippen LogP contribution is 2.42. The van der Waals surface area contributed by atoms with Gasteiger partial charge >= 0.3 is 0 Å². The maximum absolute atomic E-state index is 12.6. The van der Waals surface area contributed by atoms with Gasteiger partial charge in [0.1, 0.15) is 5.41 Å². The van der Waals surface area contributed by atoms with Crippen molar-refractivity contribution in [1.29, 1.82) is 0 Å². The average Bonchev–Trinajstić information content (AvgIpc) is 2.76. The van der Waals surface area contributed by atoms with Crippen LogP contribution in [0.25, 0.3) is 0 Å². The van der Waals surface area contributed by atoms with Crippen LogP contribution in [0.15, 0.2) is 54.1 Å². The Kier molecular flexibility index (Phi) is 3.02. The van der Waals surface area contributed by atoms with Crippen molar-refractivity contribution < 1.29 is 4.79 Å². The monoisotopic (exact) mass is 253 g/mol. The molecule has 1 saturated heterocycles. The van der Waals surface area contributed by atoms with Crippen LogP contribution < -0.4 is 5.32 Å². The molecule has 1 aliphatic carbocycles. The first kappa shape index (κ1) is 12.2. The van der Waals surface area contributed by atoms with Gasteiger partial charge in [-0.15, -0.1) is 0 Å². The number of hydrogen-bond donors (Lipinski definition) is 1. The molecule has 98 valence electrons. The van der Waals surface area contributed by atoms with Crippen LogP contribution in [0.4, 0.5) is 0 Å². The molecule has 0 saturated carbocycles. The van der Waals surface area contributed by atoms with E-state index >= 15 is 0 Å². The largest absolute Gasteiger partial charge is 0.353 e. The zero-order valence-electron chi connectivity index (χ0n) is 11.2. The van der Waals surface area contributed by atoms with Crippen LogP contribution >= 0.6 is 0 Å². The first-order valence-electron chi connectivity index (χ1n) is 6.97. The molecule has 1 aromatic carbocycles. The summed E-state index contributed by atoms with van der Waals surface area (Å²) in [5, 5.41) is 3.09. The fourth-order valence-corrected chi connectivity index (χ4v) is 3.27. The third-order valence-electron chi connectivity index (χ3n) is 4.13. The zero-order valence-corrected chi connectivity index (χ0v) is 11.2. The Labute approximate surface area is 114 Å². The summed E-state index contributed by atoms with van der Waals surface area (Å²) in [5.74, 6) is 0.143. The number of rotatable bonds is 2. The van der Waals surface area contributed by atoms with Crippen molar-refractivity contribution in [3.05, 3.63) is 59.7 Å². The van der Waals surface area contributed by atoms with E-state index in [1.807, 2.05) is 18.2 Å². The molecule has 2 atom stereocenters. The van der Waals surface area contributed by atoms with Crippen molar-refractivity contribution in [2.24, 2.45) is 0 Å². The molecule has 0 spiro atoms. The third kappa shape index (κ3) is 1.92. The third-order valence-corrected chi connectivity index (χ3v) is 4.13. The number of allylic oxidation sites excluding steroid dienone is 3. The van der Waals surface area contributed by atoms with E-state index in [2.05, 4.69) is 42.6 Å². The Bertz CT molecular complexity index is 544. The first-order chi connectivity index (χ1) is 9.23. The fourth-order valence-electron chi connectivity index (χ4n) is 3.27. The highest BCUT2D eigenvalue weighted by Gasteiger charge is 2.48. The topological polar surface area (TPSA) is 29.1 Å². The molecule has 1 amide bonds. The molecule has 1 fully saturated rings. The highest BCUT2D eigenvalue weighted by atomic mass is 16.2. The summed E-state index contributed by atoms with van der Waals surface area (Å²) in [6, 6.07) is 10.4.